The van der Waals surface area contributed by atoms with Crippen molar-refractivity contribution in [3.05, 3.63) is 52.0 Å². The van der Waals surface area contributed by atoms with E-state index < -0.39 is 0 Å². The summed E-state index contributed by atoms with van der Waals surface area (Å²) in [5.41, 5.74) is 2.28. The van der Waals surface area contributed by atoms with Gasteiger partial charge in [0, 0.05) is 50.6 Å². The molecule has 4 heterocycles. The maximum absolute atomic E-state index is 12.6. The maximum Gasteiger partial charge on any atom is 0.223 e. The summed E-state index contributed by atoms with van der Waals surface area (Å²) in [6.45, 7) is 7.09. The van der Waals surface area contributed by atoms with Crippen LogP contribution in [0.1, 0.15) is 29.1 Å². The SMILES string of the molecule is Cc1nc(CN2C[C@@H]3ON=C(N4CCC(C(=O)NCc5ccccc5)CC4)[C@@H]3C2)cs1. The largest absolute Gasteiger partial charge is 0.389 e. The van der Waals surface area contributed by atoms with Gasteiger partial charge >= 0.3 is 0 Å². The van der Waals surface area contributed by atoms with Crippen molar-refractivity contribution >= 4 is 23.1 Å². The fourth-order valence-corrected chi connectivity index (χ4v) is 5.43. The first-order valence-electron chi connectivity index (χ1n) is 11.1. The Morgan fingerprint density at radius 3 is 2.77 bits per heavy atom. The highest BCUT2D eigenvalue weighted by molar-refractivity contribution is 7.09. The number of hydrogen-bond acceptors (Lipinski definition) is 7. The van der Waals surface area contributed by atoms with Crippen LogP contribution in [-0.2, 0) is 22.7 Å². The summed E-state index contributed by atoms with van der Waals surface area (Å²) >= 11 is 1.70. The van der Waals surface area contributed by atoms with E-state index in [0.717, 1.165) is 67.7 Å². The van der Waals surface area contributed by atoms with Crippen LogP contribution in [0.4, 0.5) is 0 Å². The van der Waals surface area contributed by atoms with Gasteiger partial charge in [-0.3, -0.25) is 9.69 Å². The Kier molecular flexibility index (Phi) is 5.91. The van der Waals surface area contributed by atoms with Crippen LogP contribution in [0.15, 0.2) is 40.9 Å². The van der Waals surface area contributed by atoms with Crippen molar-refractivity contribution < 1.29 is 9.63 Å². The molecule has 1 aromatic carbocycles. The molecule has 1 aromatic heterocycles. The lowest BCUT2D eigenvalue weighted by Crippen LogP contribution is -2.45. The number of carbonyl (C=O) groups is 1. The zero-order valence-corrected chi connectivity index (χ0v) is 18.7. The van der Waals surface area contributed by atoms with E-state index in [2.05, 4.69) is 30.6 Å². The standard InChI is InChI=1S/C23H29N5O2S/c1-16-25-19(15-31-16)12-27-13-20-21(14-27)30-26-22(20)28-9-7-18(8-10-28)23(29)24-11-17-5-3-2-4-6-17/h2-6,15,18,20-21H,7-14H2,1H3,(H,24,29)/t20-,21+/m1/s1. The lowest BCUT2D eigenvalue weighted by molar-refractivity contribution is -0.126. The van der Waals surface area contributed by atoms with Gasteiger partial charge in [-0.2, -0.15) is 0 Å². The third kappa shape index (κ3) is 4.60. The molecule has 2 saturated heterocycles. The van der Waals surface area contributed by atoms with Crippen LogP contribution in [0.3, 0.4) is 0 Å². The molecular formula is C23H29N5O2S. The van der Waals surface area contributed by atoms with Gasteiger partial charge < -0.3 is 15.1 Å². The van der Waals surface area contributed by atoms with Gasteiger partial charge in [0.1, 0.15) is 0 Å². The number of aromatic nitrogens is 1. The summed E-state index contributed by atoms with van der Waals surface area (Å²) in [4.78, 5) is 27.7. The lowest BCUT2D eigenvalue weighted by Gasteiger charge is -2.33. The second-order valence-electron chi connectivity index (χ2n) is 8.72. The number of thiazole rings is 1. The summed E-state index contributed by atoms with van der Waals surface area (Å²) in [5.74, 6) is 1.64. The summed E-state index contributed by atoms with van der Waals surface area (Å²) in [5, 5.41) is 10.8. The topological polar surface area (TPSA) is 70.1 Å². The number of benzene rings is 1. The fraction of sp³-hybridized carbons (Fsp3) is 0.522. The minimum Gasteiger partial charge on any atom is -0.389 e. The molecule has 7 nitrogen and oxygen atoms in total. The van der Waals surface area contributed by atoms with Crippen LogP contribution in [0.2, 0.25) is 0 Å². The molecule has 2 fully saturated rings. The number of nitrogens with zero attached hydrogens (tertiary/aromatic N) is 4. The molecule has 0 radical (unpaired) electrons. The molecule has 0 spiro atoms. The number of oxime groups is 1. The van der Waals surface area contributed by atoms with E-state index in [0.29, 0.717) is 12.5 Å². The Bertz CT molecular complexity index is 938. The number of fused-ring (bicyclic) bond motifs is 1. The van der Waals surface area contributed by atoms with Crippen molar-refractivity contribution in [2.45, 2.75) is 39.0 Å². The molecule has 164 valence electrons. The van der Waals surface area contributed by atoms with Gasteiger partial charge in [0.25, 0.3) is 0 Å². The number of aryl methyl sites for hydroxylation is 1. The van der Waals surface area contributed by atoms with Crippen LogP contribution >= 0.6 is 11.3 Å². The van der Waals surface area contributed by atoms with Crippen molar-refractivity contribution in [2.75, 3.05) is 26.2 Å². The monoisotopic (exact) mass is 439 g/mol. The zero-order chi connectivity index (χ0) is 21.2. The first-order chi connectivity index (χ1) is 15.2. The first kappa shape index (κ1) is 20.5. The molecule has 2 aromatic rings. The molecule has 2 atom stereocenters. The summed E-state index contributed by atoms with van der Waals surface area (Å²) < 4.78 is 0. The first-order valence-corrected chi connectivity index (χ1v) is 12.0. The Morgan fingerprint density at radius 2 is 2.03 bits per heavy atom. The molecule has 1 N–H and O–H groups in total. The molecule has 5 rings (SSSR count). The number of amidine groups is 1. The van der Waals surface area contributed by atoms with Crippen LogP contribution in [-0.4, -0.2) is 58.8 Å². The zero-order valence-electron chi connectivity index (χ0n) is 17.9. The minimum absolute atomic E-state index is 0.0756. The van der Waals surface area contributed by atoms with Crippen LogP contribution in [0.5, 0.6) is 0 Å². The van der Waals surface area contributed by atoms with Gasteiger partial charge in [-0.05, 0) is 25.3 Å². The molecule has 0 aliphatic carbocycles. The second kappa shape index (κ2) is 8.96. The smallest absolute Gasteiger partial charge is 0.223 e. The van der Waals surface area contributed by atoms with Crippen molar-refractivity contribution in [3.8, 4) is 0 Å². The minimum atomic E-state index is 0.0756. The van der Waals surface area contributed by atoms with Gasteiger partial charge in [-0.15, -0.1) is 11.3 Å². The van der Waals surface area contributed by atoms with Crippen molar-refractivity contribution in [1.29, 1.82) is 0 Å². The van der Waals surface area contributed by atoms with E-state index in [9.17, 15) is 4.79 Å². The van der Waals surface area contributed by atoms with Crippen LogP contribution in [0.25, 0.3) is 0 Å². The van der Waals surface area contributed by atoms with Crippen molar-refractivity contribution in [3.63, 3.8) is 0 Å². The molecule has 0 unspecified atom stereocenters. The quantitative estimate of drug-likeness (QED) is 0.776. The number of nitrogens with one attached hydrogen (secondary N) is 1. The van der Waals surface area contributed by atoms with E-state index in [1.807, 2.05) is 37.3 Å². The fourth-order valence-electron chi connectivity index (χ4n) is 4.83. The maximum atomic E-state index is 12.6. The van der Waals surface area contributed by atoms with Crippen molar-refractivity contribution in [1.82, 2.24) is 20.1 Å². The predicted octanol–water partition coefficient (Wildman–Crippen LogP) is 2.62. The van der Waals surface area contributed by atoms with Gasteiger partial charge in [-0.1, -0.05) is 35.5 Å². The average molecular weight is 440 g/mol. The van der Waals surface area contributed by atoms with Gasteiger partial charge in [0.05, 0.1) is 16.6 Å². The van der Waals surface area contributed by atoms with E-state index in [1.54, 1.807) is 11.3 Å². The number of piperidine rings is 1. The average Bonchev–Trinajstić information content (AvgIpc) is 3.49. The molecule has 3 aliphatic rings. The third-order valence-corrected chi connectivity index (χ3v) is 7.33. The van der Waals surface area contributed by atoms with E-state index in [-0.39, 0.29) is 17.9 Å². The normalized spacial score (nSPS) is 24.0. The molecule has 0 saturated carbocycles. The summed E-state index contributed by atoms with van der Waals surface area (Å²) in [6.07, 6.45) is 1.86. The Balaban J connectivity index is 1.10. The number of likely N-dealkylation sites (tertiary alicyclic amines) is 2. The molecule has 3 aliphatic heterocycles. The van der Waals surface area contributed by atoms with E-state index >= 15 is 0 Å². The Hall–Kier alpha value is -2.45. The molecule has 8 heteroatoms. The van der Waals surface area contributed by atoms with Crippen LogP contribution in [0, 0.1) is 18.8 Å². The Morgan fingerprint density at radius 1 is 1.23 bits per heavy atom. The number of hydrogen-bond donors (Lipinski definition) is 1. The van der Waals surface area contributed by atoms with E-state index in [4.69, 9.17) is 4.84 Å². The summed E-state index contributed by atoms with van der Waals surface area (Å²) in [6, 6.07) is 10.1. The molecule has 31 heavy (non-hydrogen) atoms. The molecular weight excluding hydrogens is 410 g/mol. The highest BCUT2D eigenvalue weighted by Gasteiger charge is 2.45. The van der Waals surface area contributed by atoms with Gasteiger partial charge in [0.2, 0.25) is 5.91 Å². The number of rotatable bonds is 5. The van der Waals surface area contributed by atoms with Gasteiger partial charge in [-0.25, -0.2) is 4.98 Å². The molecule has 0 bridgehead atoms. The highest BCUT2D eigenvalue weighted by atomic mass is 32.1. The number of carbonyl (C=O) groups excluding carboxylic acids is 1. The van der Waals surface area contributed by atoms with Crippen LogP contribution < -0.4 is 5.32 Å². The van der Waals surface area contributed by atoms with E-state index in [1.165, 1.54) is 0 Å². The van der Waals surface area contributed by atoms with Crippen molar-refractivity contribution in [2.24, 2.45) is 17.0 Å². The lowest BCUT2D eigenvalue weighted by atomic mass is 9.94. The third-order valence-electron chi connectivity index (χ3n) is 6.51. The highest BCUT2D eigenvalue weighted by Crippen LogP contribution is 2.31. The Labute approximate surface area is 187 Å². The second-order valence-corrected chi connectivity index (χ2v) is 9.78. The van der Waals surface area contributed by atoms with Gasteiger partial charge in [0.15, 0.2) is 11.9 Å². The number of amides is 1. The summed E-state index contributed by atoms with van der Waals surface area (Å²) in [7, 11) is 0. The predicted molar refractivity (Wildman–Crippen MR) is 121 cm³/mol. The molecule has 1 amide bonds.